The highest BCUT2D eigenvalue weighted by Gasteiger charge is 2.30. The van der Waals surface area contributed by atoms with E-state index in [1.54, 1.807) is 12.1 Å². The van der Waals surface area contributed by atoms with Crippen molar-refractivity contribution in [1.82, 2.24) is 0 Å². The van der Waals surface area contributed by atoms with Gasteiger partial charge in [0.1, 0.15) is 5.82 Å². The van der Waals surface area contributed by atoms with Crippen LogP contribution in [0.1, 0.15) is 25.0 Å². The zero-order chi connectivity index (χ0) is 14.8. The van der Waals surface area contributed by atoms with Crippen molar-refractivity contribution in [3.8, 4) is 0 Å². The van der Waals surface area contributed by atoms with E-state index in [2.05, 4.69) is 0 Å². The van der Waals surface area contributed by atoms with Gasteiger partial charge < -0.3 is 5.11 Å². The normalized spacial score (nSPS) is 13.2. The number of hydrogen-bond acceptors (Lipinski definition) is 1. The molecule has 106 valence electrons. The van der Waals surface area contributed by atoms with Gasteiger partial charge in [-0.05, 0) is 17.2 Å². The molecule has 0 aromatic heterocycles. The Morgan fingerprint density at radius 3 is 2.40 bits per heavy atom. The van der Waals surface area contributed by atoms with Gasteiger partial charge in [0, 0.05) is 11.8 Å². The molecule has 1 atom stereocenters. The summed E-state index contributed by atoms with van der Waals surface area (Å²) < 4.78 is 13.9. The number of aliphatic hydroxyl groups is 1. The predicted octanol–water partition coefficient (Wildman–Crippen LogP) is 4.36. The first-order valence-electron chi connectivity index (χ1n) is 6.59. The number of aliphatic hydroxyl groups excluding tert-OH is 1. The van der Waals surface area contributed by atoms with Crippen LogP contribution in [0.25, 0.3) is 0 Å². The predicted molar refractivity (Wildman–Crippen MR) is 80.6 cm³/mol. The molecule has 0 fully saturated rings. The van der Waals surface area contributed by atoms with E-state index >= 15 is 0 Å². The highest BCUT2D eigenvalue weighted by molar-refractivity contribution is 6.30. The molecular weight excluding hydrogens is 275 g/mol. The van der Waals surface area contributed by atoms with Crippen LogP contribution in [-0.2, 0) is 11.8 Å². The van der Waals surface area contributed by atoms with E-state index in [0.29, 0.717) is 5.56 Å². The molecule has 0 saturated carbocycles. The largest absolute Gasteiger partial charge is 0.392 e. The highest BCUT2D eigenvalue weighted by atomic mass is 35.5. The van der Waals surface area contributed by atoms with Crippen molar-refractivity contribution in [2.75, 3.05) is 0 Å². The zero-order valence-electron chi connectivity index (χ0n) is 11.6. The quantitative estimate of drug-likeness (QED) is 0.888. The number of halogens is 2. The highest BCUT2D eigenvalue weighted by Crippen LogP contribution is 2.30. The lowest BCUT2D eigenvalue weighted by Gasteiger charge is -2.31. The van der Waals surface area contributed by atoms with Gasteiger partial charge in [-0.15, -0.1) is 0 Å². The minimum atomic E-state index is -0.696. The summed E-state index contributed by atoms with van der Waals surface area (Å²) in [7, 11) is 0. The topological polar surface area (TPSA) is 20.2 Å². The minimum Gasteiger partial charge on any atom is -0.392 e. The maximum Gasteiger partial charge on any atom is 0.145 e. The van der Waals surface area contributed by atoms with E-state index in [0.717, 1.165) is 5.56 Å². The molecule has 0 bridgehead atoms. The first-order valence-corrected chi connectivity index (χ1v) is 6.97. The van der Waals surface area contributed by atoms with Crippen molar-refractivity contribution in [3.63, 3.8) is 0 Å². The van der Waals surface area contributed by atoms with Crippen molar-refractivity contribution in [3.05, 3.63) is 70.5 Å². The lowest BCUT2D eigenvalue weighted by molar-refractivity contribution is 0.0991. The number of rotatable bonds is 4. The number of benzene rings is 2. The summed E-state index contributed by atoms with van der Waals surface area (Å²) in [6, 6.07) is 14.6. The Morgan fingerprint density at radius 1 is 1.10 bits per heavy atom. The second-order valence-electron chi connectivity index (χ2n) is 5.52. The fourth-order valence-corrected chi connectivity index (χ4v) is 2.42. The van der Waals surface area contributed by atoms with Crippen LogP contribution in [0.3, 0.4) is 0 Å². The smallest absolute Gasteiger partial charge is 0.145 e. The molecule has 3 heteroatoms. The van der Waals surface area contributed by atoms with E-state index in [9.17, 15) is 9.50 Å². The molecule has 0 aliphatic rings. The molecule has 0 amide bonds. The Morgan fingerprint density at radius 2 is 1.75 bits per heavy atom. The molecule has 2 aromatic carbocycles. The van der Waals surface area contributed by atoms with Crippen molar-refractivity contribution in [1.29, 1.82) is 0 Å². The number of hydrogen-bond donors (Lipinski definition) is 1. The fraction of sp³-hybridized carbons (Fsp3) is 0.294. The van der Waals surface area contributed by atoms with Crippen LogP contribution in [-0.4, -0.2) is 11.2 Å². The molecule has 1 unspecified atom stereocenters. The first kappa shape index (κ1) is 15.0. The molecule has 0 saturated heterocycles. The Labute approximate surface area is 124 Å². The van der Waals surface area contributed by atoms with Gasteiger partial charge in [-0.1, -0.05) is 67.9 Å². The summed E-state index contributed by atoms with van der Waals surface area (Å²) in [4.78, 5) is 0. The average Bonchev–Trinajstić information content (AvgIpc) is 2.44. The van der Waals surface area contributed by atoms with Crippen LogP contribution in [0.2, 0.25) is 5.02 Å². The van der Waals surface area contributed by atoms with E-state index in [1.165, 1.54) is 6.07 Å². The molecule has 1 N–H and O–H groups in total. The lowest BCUT2D eigenvalue weighted by Crippen LogP contribution is -2.35. The Hall–Kier alpha value is -1.38. The SMILES string of the molecule is CC(C)(c1ccccc1)C(O)Cc1cccc(Cl)c1F. The van der Waals surface area contributed by atoms with Gasteiger partial charge in [0.05, 0.1) is 11.1 Å². The van der Waals surface area contributed by atoms with Crippen LogP contribution in [0, 0.1) is 5.82 Å². The summed E-state index contributed by atoms with van der Waals surface area (Å²) >= 11 is 5.77. The van der Waals surface area contributed by atoms with Crippen LogP contribution in [0.15, 0.2) is 48.5 Å². The first-order chi connectivity index (χ1) is 9.43. The minimum absolute atomic E-state index is 0.0900. The van der Waals surface area contributed by atoms with Crippen LogP contribution >= 0.6 is 11.6 Å². The van der Waals surface area contributed by atoms with Gasteiger partial charge in [-0.3, -0.25) is 0 Å². The van der Waals surface area contributed by atoms with Crippen LogP contribution in [0.4, 0.5) is 4.39 Å². The van der Waals surface area contributed by atoms with Crippen molar-refractivity contribution in [2.45, 2.75) is 31.8 Å². The van der Waals surface area contributed by atoms with Gasteiger partial charge >= 0.3 is 0 Å². The third-order valence-electron chi connectivity index (χ3n) is 3.80. The molecule has 20 heavy (non-hydrogen) atoms. The molecule has 2 aromatic rings. The van der Waals surface area contributed by atoms with Crippen molar-refractivity contribution < 1.29 is 9.50 Å². The fourth-order valence-electron chi connectivity index (χ4n) is 2.23. The van der Waals surface area contributed by atoms with Gasteiger partial charge in [0.2, 0.25) is 0 Å². The van der Waals surface area contributed by atoms with E-state index in [4.69, 9.17) is 11.6 Å². The molecule has 0 radical (unpaired) electrons. The Kier molecular flexibility index (Phi) is 4.46. The average molecular weight is 293 g/mol. The van der Waals surface area contributed by atoms with Crippen LogP contribution < -0.4 is 0 Å². The molecule has 2 rings (SSSR count). The Balaban J connectivity index is 2.23. The van der Waals surface area contributed by atoms with Gasteiger partial charge in [-0.2, -0.15) is 0 Å². The third-order valence-corrected chi connectivity index (χ3v) is 4.09. The van der Waals surface area contributed by atoms with Gasteiger partial charge in [0.15, 0.2) is 0 Å². The van der Waals surface area contributed by atoms with Gasteiger partial charge in [0.25, 0.3) is 0 Å². The lowest BCUT2D eigenvalue weighted by atomic mass is 9.77. The van der Waals surface area contributed by atoms with Crippen molar-refractivity contribution in [2.24, 2.45) is 0 Å². The molecule has 0 heterocycles. The maximum absolute atomic E-state index is 13.9. The van der Waals surface area contributed by atoms with E-state index < -0.39 is 17.3 Å². The summed E-state index contributed by atoms with van der Waals surface area (Å²) in [5, 5.41) is 10.6. The van der Waals surface area contributed by atoms with Gasteiger partial charge in [-0.25, -0.2) is 4.39 Å². The van der Waals surface area contributed by atoms with E-state index in [1.807, 2.05) is 44.2 Å². The van der Waals surface area contributed by atoms with E-state index in [-0.39, 0.29) is 11.4 Å². The second-order valence-corrected chi connectivity index (χ2v) is 5.93. The summed E-state index contributed by atoms with van der Waals surface area (Å²) in [6.45, 7) is 3.91. The Bertz CT molecular complexity index is 581. The third kappa shape index (κ3) is 3.02. The zero-order valence-corrected chi connectivity index (χ0v) is 12.4. The maximum atomic E-state index is 13.9. The summed E-state index contributed by atoms with van der Waals surface area (Å²) in [6.07, 6.45) is -0.466. The molecule has 0 aliphatic carbocycles. The van der Waals surface area contributed by atoms with Crippen LogP contribution in [0.5, 0.6) is 0 Å². The monoisotopic (exact) mass is 292 g/mol. The molecular formula is C17H18ClFO. The molecule has 0 spiro atoms. The second kappa shape index (κ2) is 5.94. The molecule has 1 nitrogen and oxygen atoms in total. The van der Waals surface area contributed by atoms with Crippen molar-refractivity contribution >= 4 is 11.6 Å². The molecule has 0 aliphatic heterocycles. The summed E-state index contributed by atoms with van der Waals surface area (Å²) in [5.74, 6) is -0.447. The summed E-state index contributed by atoms with van der Waals surface area (Å²) in [5.41, 5.74) is 1.000. The standard InChI is InChI=1S/C17H18ClFO/c1-17(2,13-8-4-3-5-9-13)15(20)11-12-7-6-10-14(18)16(12)19/h3-10,15,20H,11H2,1-2H3.